The highest BCUT2D eigenvalue weighted by Gasteiger charge is 2.16. The molecule has 2 unspecified atom stereocenters. The third-order valence-electron chi connectivity index (χ3n) is 3.25. The van der Waals surface area contributed by atoms with Crippen molar-refractivity contribution >= 4 is 20.3 Å². The Hall–Kier alpha value is -1.46. The van der Waals surface area contributed by atoms with Crippen molar-refractivity contribution in [2.75, 3.05) is 0 Å². The van der Waals surface area contributed by atoms with Gasteiger partial charge < -0.3 is 0 Å². The number of Topliss-reactive ketones (excluding diaryl/α,β-unsaturated/α-hetero) is 1. The molecular weight excluding hydrogens is 251 g/mol. The SMILES string of the molecule is CC(=O)CC(c1cccc(C)c1)c1cccc(P)c1. The molecule has 2 atom stereocenters. The molecular formula is C17H19OP. The predicted octanol–water partition coefficient (Wildman–Crippen LogP) is 3.61. The van der Waals surface area contributed by atoms with Crippen LogP contribution in [0.1, 0.15) is 36.0 Å². The number of ketones is 1. The fraction of sp³-hybridized carbons (Fsp3) is 0.235. The van der Waals surface area contributed by atoms with E-state index in [4.69, 9.17) is 0 Å². The molecule has 0 heterocycles. The van der Waals surface area contributed by atoms with E-state index in [0.29, 0.717) is 6.42 Å². The summed E-state index contributed by atoms with van der Waals surface area (Å²) in [4.78, 5) is 11.6. The number of rotatable bonds is 4. The van der Waals surface area contributed by atoms with Gasteiger partial charge in [-0.05, 0) is 30.3 Å². The zero-order valence-corrected chi connectivity index (χ0v) is 12.5. The highest BCUT2D eigenvalue weighted by Crippen LogP contribution is 2.28. The average Bonchev–Trinajstić information content (AvgIpc) is 2.35. The number of aryl methyl sites for hydroxylation is 1. The Kier molecular flexibility index (Phi) is 4.50. The Bertz CT molecular complexity index is 544. The van der Waals surface area contributed by atoms with Gasteiger partial charge in [0.15, 0.2) is 0 Å². The quantitative estimate of drug-likeness (QED) is 0.776. The van der Waals surface area contributed by atoms with Gasteiger partial charge in [-0.1, -0.05) is 54.1 Å². The molecule has 19 heavy (non-hydrogen) atoms. The lowest BCUT2D eigenvalue weighted by atomic mass is 9.87. The van der Waals surface area contributed by atoms with E-state index < -0.39 is 0 Å². The van der Waals surface area contributed by atoms with Crippen molar-refractivity contribution in [3.63, 3.8) is 0 Å². The summed E-state index contributed by atoms with van der Waals surface area (Å²) in [7, 11) is 2.71. The van der Waals surface area contributed by atoms with Crippen LogP contribution in [0.2, 0.25) is 0 Å². The Morgan fingerprint density at radius 1 is 1.11 bits per heavy atom. The zero-order chi connectivity index (χ0) is 13.8. The van der Waals surface area contributed by atoms with Crippen molar-refractivity contribution in [2.24, 2.45) is 0 Å². The first-order valence-corrected chi connectivity index (χ1v) is 7.05. The van der Waals surface area contributed by atoms with Crippen LogP contribution < -0.4 is 5.30 Å². The first kappa shape index (κ1) is 14.0. The van der Waals surface area contributed by atoms with Gasteiger partial charge >= 0.3 is 0 Å². The maximum Gasteiger partial charge on any atom is 0.130 e. The standard InChI is InChI=1S/C17H19OP/c1-12-5-3-6-14(9-12)17(10-13(2)18)15-7-4-8-16(19)11-15/h3-9,11,17H,10,19H2,1-2H3. The predicted molar refractivity (Wildman–Crippen MR) is 84.1 cm³/mol. The lowest BCUT2D eigenvalue weighted by molar-refractivity contribution is -0.117. The largest absolute Gasteiger partial charge is 0.300 e. The van der Waals surface area contributed by atoms with Gasteiger partial charge in [0.1, 0.15) is 5.78 Å². The van der Waals surface area contributed by atoms with Crippen LogP contribution in [-0.4, -0.2) is 5.78 Å². The molecule has 2 rings (SSSR count). The summed E-state index contributed by atoms with van der Waals surface area (Å²) in [6.45, 7) is 3.74. The summed E-state index contributed by atoms with van der Waals surface area (Å²) in [5.74, 6) is 0.374. The highest BCUT2D eigenvalue weighted by molar-refractivity contribution is 7.27. The van der Waals surface area contributed by atoms with Crippen LogP contribution in [0.5, 0.6) is 0 Å². The molecule has 1 nitrogen and oxygen atoms in total. The summed E-state index contributed by atoms with van der Waals surface area (Å²) in [6.07, 6.45) is 0.553. The van der Waals surface area contributed by atoms with Crippen LogP contribution in [-0.2, 0) is 4.79 Å². The second-order valence-electron chi connectivity index (χ2n) is 5.04. The Balaban J connectivity index is 2.44. The molecule has 0 amide bonds. The van der Waals surface area contributed by atoms with Crippen molar-refractivity contribution in [1.82, 2.24) is 0 Å². The fourth-order valence-corrected chi connectivity index (χ4v) is 2.68. The van der Waals surface area contributed by atoms with Crippen molar-refractivity contribution in [2.45, 2.75) is 26.2 Å². The van der Waals surface area contributed by atoms with E-state index in [1.807, 2.05) is 6.07 Å². The monoisotopic (exact) mass is 270 g/mol. The van der Waals surface area contributed by atoms with E-state index in [9.17, 15) is 4.79 Å². The number of hydrogen-bond acceptors (Lipinski definition) is 1. The average molecular weight is 270 g/mol. The molecule has 0 aliphatic rings. The summed E-state index contributed by atoms with van der Waals surface area (Å²) in [6, 6.07) is 16.8. The molecule has 0 saturated carbocycles. The molecule has 2 aromatic rings. The molecule has 0 spiro atoms. The molecule has 2 heteroatoms. The summed E-state index contributed by atoms with van der Waals surface area (Å²) in [5.41, 5.74) is 3.65. The third-order valence-corrected chi connectivity index (χ3v) is 3.61. The number of carbonyl (C=O) groups is 1. The highest BCUT2D eigenvalue weighted by atomic mass is 31.0. The van der Waals surface area contributed by atoms with Crippen LogP contribution >= 0.6 is 9.24 Å². The van der Waals surface area contributed by atoms with Crippen LogP contribution in [0.15, 0.2) is 48.5 Å². The zero-order valence-electron chi connectivity index (χ0n) is 11.4. The third kappa shape index (κ3) is 3.75. The summed E-state index contributed by atoms with van der Waals surface area (Å²) in [5, 5.41) is 1.15. The fourth-order valence-electron chi connectivity index (χ4n) is 2.38. The molecule has 0 radical (unpaired) electrons. The minimum atomic E-state index is 0.151. The molecule has 0 bridgehead atoms. The van der Waals surface area contributed by atoms with E-state index in [1.165, 1.54) is 16.7 Å². The molecule has 98 valence electrons. The molecule has 0 N–H and O–H groups in total. The van der Waals surface area contributed by atoms with E-state index in [1.54, 1.807) is 6.92 Å². The Labute approximate surface area is 117 Å². The molecule has 0 fully saturated rings. The normalized spacial score (nSPS) is 12.2. The maximum absolute atomic E-state index is 11.6. The van der Waals surface area contributed by atoms with Gasteiger partial charge in [-0.15, -0.1) is 9.24 Å². The Morgan fingerprint density at radius 3 is 2.32 bits per heavy atom. The summed E-state index contributed by atoms with van der Waals surface area (Å²) >= 11 is 0. The van der Waals surface area contributed by atoms with Crippen LogP contribution in [0, 0.1) is 6.92 Å². The summed E-state index contributed by atoms with van der Waals surface area (Å²) < 4.78 is 0. The molecule has 0 aromatic heterocycles. The second-order valence-corrected chi connectivity index (χ2v) is 5.71. The van der Waals surface area contributed by atoms with Crippen LogP contribution in [0.3, 0.4) is 0 Å². The first-order valence-electron chi connectivity index (χ1n) is 6.47. The number of benzene rings is 2. The van der Waals surface area contributed by atoms with E-state index in [2.05, 4.69) is 58.6 Å². The van der Waals surface area contributed by atoms with Gasteiger partial charge in [0.2, 0.25) is 0 Å². The van der Waals surface area contributed by atoms with Gasteiger partial charge in [0.05, 0.1) is 0 Å². The van der Waals surface area contributed by atoms with Gasteiger partial charge in [0.25, 0.3) is 0 Å². The molecule has 0 aliphatic heterocycles. The van der Waals surface area contributed by atoms with Gasteiger partial charge in [0, 0.05) is 12.3 Å². The van der Waals surface area contributed by atoms with Crippen molar-refractivity contribution in [3.05, 3.63) is 65.2 Å². The van der Waals surface area contributed by atoms with Gasteiger partial charge in [-0.25, -0.2) is 0 Å². The van der Waals surface area contributed by atoms with Crippen LogP contribution in [0.25, 0.3) is 0 Å². The van der Waals surface area contributed by atoms with E-state index in [-0.39, 0.29) is 11.7 Å². The van der Waals surface area contributed by atoms with Crippen LogP contribution in [0.4, 0.5) is 0 Å². The number of hydrogen-bond donors (Lipinski definition) is 0. The molecule has 0 saturated heterocycles. The minimum Gasteiger partial charge on any atom is -0.300 e. The first-order chi connectivity index (χ1) is 9.06. The Morgan fingerprint density at radius 2 is 1.74 bits per heavy atom. The van der Waals surface area contributed by atoms with Crippen molar-refractivity contribution in [1.29, 1.82) is 0 Å². The topological polar surface area (TPSA) is 17.1 Å². The lowest BCUT2D eigenvalue weighted by Crippen LogP contribution is -2.08. The maximum atomic E-state index is 11.6. The smallest absolute Gasteiger partial charge is 0.130 e. The van der Waals surface area contributed by atoms with Gasteiger partial charge in [-0.3, -0.25) is 4.79 Å². The minimum absolute atomic E-state index is 0.151. The molecule has 2 aromatic carbocycles. The number of carbonyl (C=O) groups excluding carboxylic acids is 1. The van der Waals surface area contributed by atoms with Crippen molar-refractivity contribution < 1.29 is 4.79 Å². The van der Waals surface area contributed by atoms with Crippen molar-refractivity contribution in [3.8, 4) is 0 Å². The van der Waals surface area contributed by atoms with E-state index >= 15 is 0 Å². The molecule has 0 aliphatic carbocycles. The van der Waals surface area contributed by atoms with Gasteiger partial charge in [-0.2, -0.15) is 0 Å². The van der Waals surface area contributed by atoms with E-state index in [0.717, 1.165) is 5.30 Å². The second kappa shape index (κ2) is 6.12. The lowest BCUT2D eigenvalue weighted by Gasteiger charge is -2.17.